The minimum Gasteiger partial charge on any atom is -0.326 e. The van der Waals surface area contributed by atoms with E-state index in [4.69, 9.17) is 16.6 Å². The van der Waals surface area contributed by atoms with E-state index in [1.54, 1.807) is 0 Å². The van der Waals surface area contributed by atoms with E-state index in [1.807, 2.05) is 48.5 Å². The number of amides is 1. The Morgan fingerprint density at radius 3 is 2.36 bits per heavy atom. The number of aromatic nitrogens is 2. The number of carbonyl (C=O) groups is 1. The molecule has 0 unspecified atom stereocenters. The summed E-state index contributed by atoms with van der Waals surface area (Å²) in [4.78, 5) is 20.0. The smallest absolute Gasteiger partial charge is 0.227 e. The number of fused-ring (bicyclic) bond motifs is 1. The summed E-state index contributed by atoms with van der Waals surface area (Å²) in [5.41, 5.74) is 4.21. The van der Waals surface area contributed by atoms with Crippen LogP contribution in [0.2, 0.25) is 5.02 Å². The summed E-state index contributed by atoms with van der Waals surface area (Å²) in [6.45, 7) is 3.30. The number of anilines is 1. The molecule has 0 atom stereocenters. The molecule has 0 saturated carbocycles. The van der Waals surface area contributed by atoms with Crippen LogP contribution in [0, 0.1) is 5.92 Å². The third-order valence-electron chi connectivity index (χ3n) is 6.35. The maximum atomic E-state index is 12.7. The third kappa shape index (κ3) is 5.10. The quantitative estimate of drug-likeness (QED) is 0.410. The molecule has 2 heterocycles. The van der Waals surface area contributed by atoms with Crippen LogP contribution in [-0.2, 0) is 17.9 Å². The van der Waals surface area contributed by atoms with Crippen LogP contribution >= 0.6 is 11.6 Å². The van der Waals surface area contributed by atoms with Gasteiger partial charge in [-0.25, -0.2) is 4.98 Å². The van der Waals surface area contributed by atoms with Crippen molar-refractivity contribution in [1.82, 2.24) is 14.5 Å². The number of imidazole rings is 1. The van der Waals surface area contributed by atoms with E-state index in [-0.39, 0.29) is 11.8 Å². The second-order valence-corrected chi connectivity index (χ2v) is 9.07. The van der Waals surface area contributed by atoms with Crippen molar-refractivity contribution in [3.8, 4) is 0 Å². The molecule has 1 saturated heterocycles. The van der Waals surface area contributed by atoms with Gasteiger partial charge in [0.05, 0.1) is 17.6 Å². The van der Waals surface area contributed by atoms with Crippen molar-refractivity contribution in [2.75, 3.05) is 18.4 Å². The Morgan fingerprint density at radius 1 is 0.909 bits per heavy atom. The van der Waals surface area contributed by atoms with E-state index in [9.17, 15) is 4.79 Å². The number of rotatable bonds is 6. The van der Waals surface area contributed by atoms with Crippen molar-refractivity contribution in [3.63, 3.8) is 0 Å². The van der Waals surface area contributed by atoms with Gasteiger partial charge in [-0.3, -0.25) is 9.69 Å². The summed E-state index contributed by atoms with van der Waals surface area (Å²) in [5, 5.41) is 3.80. The summed E-state index contributed by atoms with van der Waals surface area (Å²) in [6.07, 6.45) is 1.71. The SMILES string of the molecule is O=C(Nc1ccccc1)C1CCN(Cc2nc3ccccc3n2Cc2ccc(Cl)cc2)CC1. The van der Waals surface area contributed by atoms with Crippen LogP contribution in [-0.4, -0.2) is 33.4 Å². The molecule has 1 amide bonds. The van der Waals surface area contributed by atoms with Gasteiger partial charge in [-0.2, -0.15) is 0 Å². The lowest BCUT2D eigenvalue weighted by molar-refractivity contribution is -0.121. The fraction of sp³-hybridized carbons (Fsp3) is 0.259. The van der Waals surface area contributed by atoms with Crippen molar-refractivity contribution in [2.45, 2.75) is 25.9 Å². The van der Waals surface area contributed by atoms with Gasteiger partial charge < -0.3 is 9.88 Å². The lowest BCUT2D eigenvalue weighted by Gasteiger charge is -2.31. The zero-order valence-corrected chi connectivity index (χ0v) is 19.2. The first kappa shape index (κ1) is 21.7. The minimum atomic E-state index is 0.0503. The summed E-state index contributed by atoms with van der Waals surface area (Å²) in [7, 11) is 0. The molecule has 4 aromatic rings. The Bertz CT molecular complexity index is 1230. The molecule has 0 spiro atoms. The highest BCUT2D eigenvalue weighted by Crippen LogP contribution is 2.24. The van der Waals surface area contributed by atoms with Gasteiger partial charge in [-0.15, -0.1) is 0 Å². The number of likely N-dealkylation sites (tertiary alicyclic amines) is 1. The lowest BCUT2D eigenvalue weighted by Crippen LogP contribution is -2.38. The van der Waals surface area contributed by atoms with Crippen LogP contribution in [0.25, 0.3) is 11.0 Å². The van der Waals surface area contributed by atoms with E-state index >= 15 is 0 Å². The summed E-state index contributed by atoms with van der Waals surface area (Å²) < 4.78 is 2.30. The van der Waals surface area contributed by atoms with Crippen LogP contribution < -0.4 is 5.32 Å². The van der Waals surface area contributed by atoms with E-state index in [2.05, 4.69) is 45.1 Å². The second kappa shape index (κ2) is 9.77. The zero-order valence-electron chi connectivity index (χ0n) is 18.5. The van der Waals surface area contributed by atoms with Gasteiger partial charge >= 0.3 is 0 Å². The molecule has 0 bridgehead atoms. The lowest BCUT2D eigenvalue weighted by atomic mass is 9.96. The number of para-hydroxylation sites is 3. The topological polar surface area (TPSA) is 50.2 Å². The van der Waals surface area contributed by atoms with E-state index in [0.29, 0.717) is 0 Å². The predicted octanol–water partition coefficient (Wildman–Crippen LogP) is 5.59. The van der Waals surface area contributed by atoms with Crippen LogP contribution in [0.15, 0.2) is 78.9 Å². The number of hydrogen-bond acceptors (Lipinski definition) is 3. The second-order valence-electron chi connectivity index (χ2n) is 8.64. The van der Waals surface area contributed by atoms with E-state index < -0.39 is 0 Å². The highest BCUT2D eigenvalue weighted by atomic mass is 35.5. The molecule has 1 aliphatic heterocycles. The molecule has 1 N–H and O–H groups in total. The number of nitrogens with one attached hydrogen (secondary N) is 1. The average molecular weight is 459 g/mol. The minimum absolute atomic E-state index is 0.0503. The van der Waals surface area contributed by atoms with Gasteiger partial charge in [0.15, 0.2) is 0 Å². The van der Waals surface area contributed by atoms with Crippen LogP contribution in [0.4, 0.5) is 5.69 Å². The number of hydrogen-bond donors (Lipinski definition) is 1. The van der Waals surface area contributed by atoms with Crippen molar-refractivity contribution >= 4 is 34.2 Å². The molecule has 6 heteroatoms. The number of nitrogens with zero attached hydrogens (tertiary/aromatic N) is 3. The molecule has 168 valence electrons. The first-order chi connectivity index (χ1) is 16.2. The summed E-state index contributed by atoms with van der Waals surface area (Å²) >= 11 is 6.07. The average Bonchev–Trinajstić information content (AvgIpc) is 3.18. The van der Waals surface area contributed by atoms with Gasteiger partial charge in [0.2, 0.25) is 5.91 Å². The van der Waals surface area contributed by atoms with E-state index in [1.165, 1.54) is 5.56 Å². The molecule has 1 aromatic heterocycles. The zero-order chi connectivity index (χ0) is 22.6. The number of halogens is 1. The van der Waals surface area contributed by atoms with Gasteiger partial charge in [0.1, 0.15) is 5.82 Å². The molecule has 33 heavy (non-hydrogen) atoms. The number of benzene rings is 3. The molecule has 1 fully saturated rings. The van der Waals surface area contributed by atoms with Gasteiger partial charge in [0.25, 0.3) is 0 Å². The molecule has 5 rings (SSSR count). The van der Waals surface area contributed by atoms with Crippen LogP contribution in [0.3, 0.4) is 0 Å². The Kier molecular flexibility index (Phi) is 6.42. The third-order valence-corrected chi connectivity index (χ3v) is 6.60. The Balaban J connectivity index is 1.27. The summed E-state index contributed by atoms with van der Waals surface area (Å²) in [6, 6.07) is 26.0. The first-order valence-electron chi connectivity index (χ1n) is 11.4. The van der Waals surface area contributed by atoms with Crippen molar-refractivity contribution in [2.24, 2.45) is 5.92 Å². The molecule has 3 aromatic carbocycles. The Morgan fingerprint density at radius 2 is 1.61 bits per heavy atom. The highest BCUT2D eigenvalue weighted by Gasteiger charge is 2.26. The maximum absolute atomic E-state index is 12.7. The molecule has 0 radical (unpaired) electrons. The Labute approximate surface area is 199 Å². The fourth-order valence-electron chi connectivity index (χ4n) is 4.51. The fourth-order valence-corrected chi connectivity index (χ4v) is 4.64. The largest absolute Gasteiger partial charge is 0.326 e. The standard InChI is InChI=1S/C27H27ClN4O/c28-22-12-10-20(11-13-22)18-32-25-9-5-4-8-24(25)30-26(32)19-31-16-14-21(15-17-31)27(33)29-23-6-2-1-3-7-23/h1-13,21H,14-19H2,(H,29,33). The normalized spacial score (nSPS) is 15.1. The molecule has 5 nitrogen and oxygen atoms in total. The van der Waals surface area contributed by atoms with Crippen molar-refractivity contribution in [1.29, 1.82) is 0 Å². The molecule has 1 aliphatic rings. The molecular weight excluding hydrogens is 432 g/mol. The van der Waals surface area contributed by atoms with Gasteiger partial charge in [-0.05, 0) is 67.9 Å². The highest BCUT2D eigenvalue weighted by molar-refractivity contribution is 6.30. The van der Waals surface area contributed by atoms with Crippen LogP contribution in [0.1, 0.15) is 24.2 Å². The Hall–Kier alpha value is -3.15. The maximum Gasteiger partial charge on any atom is 0.227 e. The van der Waals surface area contributed by atoms with E-state index in [0.717, 1.165) is 66.6 Å². The van der Waals surface area contributed by atoms with Crippen molar-refractivity contribution < 1.29 is 4.79 Å². The van der Waals surface area contributed by atoms with Gasteiger partial charge in [0, 0.05) is 23.2 Å². The van der Waals surface area contributed by atoms with Gasteiger partial charge in [-0.1, -0.05) is 54.1 Å². The summed E-state index contributed by atoms with van der Waals surface area (Å²) in [5.74, 6) is 1.23. The molecule has 0 aliphatic carbocycles. The van der Waals surface area contributed by atoms with Crippen LogP contribution in [0.5, 0.6) is 0 Å². The first-order valence-corrected chi connectivity index (χ1v) is 11.8. The monoisotopic (exact) mass is 458 g/mol. The number of piperidine rings is 1. The predicted molar refractivity (Wildman–Crippen MR) is 133 cm³/mol. The molecular formula is C27H27ClN4O. The number of carbonyl (C=O) groups excluding carboxylic acids is 1. The van der Waals surface area contributed by atoms with Crippen molar-refractivity contribution in [3.05, 3.63) is 95.3 Å².